The van der Waals surface area contributed by atoms with E-state index in [1.807, 2.05) is 0 Å². The van der Waals surface area contributed by atoms with Gasteiger partial charge in [0.05, 0.1) is 19.0 Å². The number of hydrogen-bond acceptors (Lipinski definition) is 8. The van der Waals surface area contributed by atoms with Gasteiger partial charge in [0.2, 0.25) is 16.3 Å². The van der Waals surface area contributed by atoms with E-state index in [4.69, 9.17) is 4.74 Å². The van der Waals surface area contributed by atoms with Crippen molar-refractivity contribution >= 4 is 15.7 Å². The Hall–Kier alpha value is -2.21. The van der Waals surface area contributed by atoms with Crippen molar-refractivity contribution in [1.82, 2.24) is 0 Å². The van der Waals surface area contributed by atoms with Gasteiger partial charge in [-0.3, -0.25) is 4.72 Å². The molecule has 1 saturated carbocycles. The van der Waals surface area contributed by atoms with Crippen molar-refractivity contribution in [2.75, 3.05) is 17.6 Å². The Morgan fingerprint density at radius 3 is 2.38 bits per heavy atom. The van der Waals surface area contributed by atoms with Crippen LogP contribution in [-0.4, -0.2) is 70.9 Å². The predicted molar refractivity (Wildman–Crippen MR) is 105 cm³/mol. The van der Waals surface area contributed by atoms with Crippen LogP contribution in [0, 0.1) is 5.92 Å². The topological polar surface area (TPSA) is 157 Å². The summed E-state index contributed by atoms with van der Waals surface area (Å²) in [6.07, 6.45) is -3.83. The van der Waals surface area contributed by atoms with Gasteiger partial charge in [0.1, 0.15) is 11.9 Å². The summed E-state index contributed by atoms with van der Waals surface area (Å²) in [7, 11) is -3.40. The summed E-state index contributed by atoms with van der Waals surface area (Å²) in [6.45, 7) is -0.633. The van der Waals surface area contributed by atoms with Gasteiger partial charge in [-0.1, -0.05) is 24.3 Å². The molecule has 29 heavy (non-hydrogen) atoms. The molecule has 1 aliphatic carbocycles. The molecule has 5 unspecified atom stereocenters. The summed E-state index contributed by atoms with van der Waals surface area (Å²) in [4.78, 5) is 0. The minimum Gasteiger partial charge on any atom is -0.462 e. The van der Waals surface area contributed by atoms with Crippen LogP contribution in [0.15, 0.2) is 48.5 Å². The van der Waals surface area contributed by atoms with Crippen LogP contribution >= 0.6 is 0 Å². The Bertz CT molecular complexity index is 964. The third-order valence-corrected chi connectivity index (χ3v) is 5.60. The molecule has 2 aromatic rings. The second-order valence-electron chi connectivity index (χ2n) is 7.06. The van der Waals surface area contributed by atoms with Gasteiger partial charge in [0.25, 0.3) is 0 Å². The molecule has 2 aromatic carbocycles. The van der Waals surface area contributed by atoms with Gasteiger partial charge < -0.3 is 30.3 Å². The van der Waals surface area contributed by atoms with Crippen molar-refractivity contribution in [2.24, 2.45) is 5.92 Å². The van der Waals surface area contributed by atoms with Gasteiger partial charge in [0.15, 0.2) is 5.60 Å². The smallest absolute Gasteiger partial charge is 0.229 e. The van der Waals surface area contributed by atoms with Crippen molar-refractivity contribution in [3.63, 3.8) is 0 Å². The Labute approximate surface area is 167 Å². The van der Waals surface area contributed by atoms with E-state index in [-0.39, 0.29) is 5.75 Å². The lowest BCUT2D eigenvalue weighted by Gasteiger charge is -2.53. The number of rotatable bonds is 7. The number of benzene rings is 2. The van der Waals surface area contributed by atoms with Gasteiger partial charge in [-0.15, -0.1) is 0 Å². The Morgan fingerprint density at radius 2 is 1.79 bits per heavy atom. The van der Waals surface area contributed by atoms with Crippen molar-refractivity contribution in [2.45, 2.75) is 24.1 Å². The molecule has 0 radical (unpaired) electrons. The average molecular weight is 425 g/mol. The Morgan fingerprint density at radius 1 is 1.14 bits per heavy atom. The monoisotopic (exact) mass is 425 g/mol. The van der Waals surface area contributed by atoms with E-state index in [0.717, 1.165) is 17.4 Å². The van der Waals surface area contributed by atoms with Gasteiger partial charge in [-0.25, -0.2) is 8.42 Å². The second kappa shape index (κ2) is 7.90. The van der Waals surface area contributed by atoms with Crippen LogP contribution in [0.1, 0.15) is 0 Å². The molecule has 6 N–H and O–H groups in total. The fraction of sp³-hybridized carbons (Fsp3) is 0.368. The van der Waals surface area contributed by atoms with Gasteiger partial charge in [-0.2, -0.15) is 0 Å². The summed E-state index contributed by atoms with van der Waals surface area (Å²) < 4.78 is 30.4. The minimum atomic E-state index is -3.40. The third kappa shape index (κ3) is 4.22. The van der Waals surface area contributed by atoms with E-state index < -0.39 is 46.6 Å². The van der Waals surface area contributed by atoms with E-state index in [9.17, 15) is 34.0 Å². The zero-order valence-electron chi connectivity index (χ0n) is 15.5. The normalized spacial score (nSPS) is 27.7. The molecule has 0 bridgehead atoms. The molecule has 0 saturated heterocycles. The van der Waals surface area contributed by atoms with Gasteiger partial charge in [0, 0.05) is 11.6 Å². The fourth-order valence-electron chi connectivity index (χ4n) is 3.38. The SMILES string of the molecule is CS(=O)(=O)Nc1cccc(-c2ccc(OC(O)C3(O)C(O)C(O)C3CO)cc2)c1. The van der Waals surface area contributed by atoms with Crippen molar-refractivity contribution in [3.05, 3.63) is 48.5 Å². The lowest BCUT2D eigenvalue weighted by Crippen LogP contribution is -2.76. The highest BCUT2D eigenvalue weighted by molar-refractivity contribution is 7.92. The third-order valence-electron chi connectivity index (χ3n) is 5.00. The maximum atomic E-state index is 11.4. The molecule has 3 rings (SSSR count). The Balaban J connectivity index is 1.73. The first-order valence-electron chi connectivity index (χ1n) is 8.78. The number of ether oxygens (including phenoxy) is 1. The first kappa shape index (κ1) is 21.5. The number of hydrogen-bond donors (Lipinski definition) is 6. The molecule has 0 aliphatic heterocycles. The lowest BCUT2D eigenvalue weighted by atomic mass is 9.64. The van der Waals surface area contributed by atoms with Crippen molar-refractivity contribution in [3.8, 4) is 16.9 Å². The molecule has 10 heteroatoms. The number of anilines is 1. The first-order valence-corrected chi connectivity index (χ1v) is 10.7. The number of sulfonamides is 1. The molecule has 9 nitrogen and oxygen atoms in total. The molecule has 0 heterocycles. The molecule has 5 atom stereocenters. The fourth-order valence-corrected chi connectivity index (χ4v) is 3.93. The quantitative estimate of drug-likeness (QED) is 0.324. The highest BCUT2D eigenvalue weighted by Crippen LogP contribution is 2.42. The summed E-state index contributed by atoms with van der Waals surface area (Å²) in [5, 5.41) is 49.2. The van der Waals surface area contributed by atoms with Crippen LogP contribution in [0.4, 0.5) is 5.69 Å². The zero-order chi connectivity index (χ0) is 21.4. The van der Waals surface area contributed by atoms with Crippen LogP contribution in [0.2, 0.25) is 0 Å². The largest absolute Gasteiger partial charge is 0.462 e. The van der Waals surface area contributed by atoms with E-state index in [0.29, 0.717) is 5.69 Å². The average Bonchev–Trinajstić information content (AvgIpc) is 2.67. The predicted octanol–water partition coefficient (Wildman–Crippen LogP) is -0.503. The van der Waals surface area contributed by atoms with Crippen molar-refractivity contribution in [1.29, 1.82) is 0 Å². The van der Waals surface area contributed by atoms with Gasteiger partial charge in [-0.05, 0) is 35.4 Å². The number of aliphatic hydroxyl groups excluding tert-OH is 4. The number of aliphatic hydroxyl groups is 5. The van der Waals surface area contributed by atoms with Crippen LogP contribution in [0.5, 0.6) is 5.75 Å². The standard InChI is InChI=1S/C19H23NO8S/c1-29(26,27)20-13-4-2-3-12(9-13)11-5-7-14(8-6-11)28-18(24)19(25)15(10-21)16(22)17(19)23/h2-9,15-18,20-25H,10H2,1H3. The summed E-state index contributed by atoms with van der Waals surface area (Å²) in [5.74, 6) is -0.956. The first-order chi connectivity index (χ1) is 13.6. The van der Waals surface area contributed by atoms with E-state index in [1.54, 1.807) is 36.4 Å². The van der Waals surface area contributed by atoms with E-state index in [2.05, 4.69) is 4.72 Å². The molecule has 0 amide bonds. The minimum absolute atomic E-state index is 0.186. The maximum Gasteiger partial charge on any atom is 0.229 e. The molecule has 0 aromatic heterocycles. The van der Waals surface area contributed by atoms with Crippen LogP contribution < -0.4 is 9.46 Å². The van der Waals surface area contributed by atoms with Crippen LogP contribution in [-0.2, 0) is 10.0 Å². The highest BCUT2D eigenvalue weighted by atomic mass is 32.2. The van der Waals surface area contributed by atoms with Crippen LogP contribution in [0.25, 0.3) is 11.1 Å². The van der Waals surface area contributed by atoms with E-state index in [1.165, 1.54) is 12.1 Å². The summed E-state index contributed by atoms with van der Waals surface area (Å²) in [5.41, 5.74) is -0.300. The zero-order valence-corrected chi connectivity index (χ0v) is 16.3. The second-order valence-corrected chi connectivity index (χ2v) is 8.81. The van der Waals surface area contributed by atoms with Crippen molar-refractivity contribution < 1.29 is 38.7 Å². The summed E-state index contributed by atoms with van der Waals surface area (Å²) >= 11 is 0. The van der Waals surface area contributed by atoms with Crippen LogP contribution in [0.3, 0.4) is 0 Å². The molecule has 1 fully saturated rings. The highest BCUT2D eigenvalue weighted by Gasteiger charge is 2.65. The molecule has 0 spiro atoms. The van der Waals surface area contributed by atoms with Gasteiger partial charge >= 0.3 is 0 Å². The lowest BCUT2D eigenvalue weighted by molar-refractivity contribution is -0.332. The molecular formula is C19H23NO8S. The maximum absolute atomic E-state index is 11.4. The van der Waals surface area contributed by atoms with E-state index >= 15 is 0 Å². The molecule has 158 valence electrons. The Kier molecular flexibility index (Phi) is 5.86. The molecule has 1 aliphatic rings. The summed E-state index contributed by atoms with van der Waals surface area (Å²) in [6, 6.07) is 13.1. The molecular weight excluding hydrogens is 402 g/mol. The number of nitrogens with one attached hydrogen (secondary N) is 1.